The van der Waals surface area contributed by atoms with E-state index < -0.39 is 5.97 Å². The van der Waals surface area contributed by atoms with Gasteiger partial charge in [0.15, 0.2) is 0 Å². The van der Waals surface area contributed by atoms with Crippen molar-refractivity contribution in [3.63, 3.8) is 0 Å². The van der Waals surface area contributed by atoms with E-state index in [4.69, 9.17) is 5.11 Å². The van der Waals surface area contributed by atoms with Crippen molar-refractivity contribution in [3.05, 3.63) is 42.0 Å². The van der Waals surface area contributed by atoms with Gasteiger partial charge >= 0.3 is 5.97 Å². The number of phenols is 1. The summed E-state index contributed by atoms with van der Waals surface area (Å²) in [5, 5.41) is 18.0. The van der Waals surface area contributed by atoms with Crippen LogP contribution in [0.3, 0.4) is 0 Å². The van der Waals surface area contributed by atoms with Gasteiger partial charge in [-0.2, -0.15) is 0 Å². The van der Waals surface area contributed by atoms with Crippen molar-refractivity contribution in [2.45, 2.75) is 19.3 Å². The highest BCUT2D eigenvalue weighted by Crippen LogP contribution is 2.20. The molecular weight excluding hydrogens is 192 g/mol. The number of carbonyl (C=O) groups is 1. The van der Waals surface area contributed by atoms with E-state index in [2.05, 4.69) is 6.58 Å². The first-order valence-corrected chi connectivity index (χ1v) is 4.77. The van der Waals surface area contributed by atoms with Gasteiger partial charge in [0.1, 0.15) is 5.75 Å². The molecule has 0 radical (unpaired) electrons. The van der Waals surface area contributed by atoms with Crippen LogP contribution >= 0.6 is 0 Å². The molecule has 0 aliphatic rings. The van der Waals surface area contributed by atoms with E-state index in [0.717, 1.165) is 11.1 Å². The standard InChI is InChI=1S/C12H14O3/c1-2-3-10-8-9(4-6-11(10)13)5-7-12(14)15/h2,4,6,8,13H,1,3,5,7H2,(H,14,15). The van der Waals surface area contributed by atoms with Crippen LogP contribution in [-0.2, 0) is 17.6 Å². The Kier molecular flexibility index (Phi) is 3.92. The van der Waals surface area contributed by atoms with Crippen LogP contribution in [0.5, 0.6) is 5.75 Å². The van der Waals surface area contributed by atoms with E-state index in [9.17, 15) is 9.90 Å². The highest BCUT2D eigenvalue weighted by molar-refractivity contribution is 5.67. The number of allylic oxidation sites excluding steroid dienone is 1. The molecule has 0 aromatic heterocycles. The zero-order valence-corrected chi connectivity index (χ0v) is 8.44. The molecule has 2 N–H and O–H groups in total. The molecule has 0 unspecified atom stereocenters. The topological polar surface area (TPSA) is 57.5 Å². The van der Waals surface area contributed by atoms with E-state index in [0.29, 0.717) is 12.8 Å². The third-order valence-electron chi connectivity index (χ3n) is 2.14. The van der Waals surface area contributed by atoms with Crippen molar-refractivity contribution in [1.29, 1.82) is 0 Å². The van der Waals surface area contributed by atoms with Crippen LogP contribution in [0, 0.1) is 0 Å². The quantitative estimate of drug-likeness (QED) is 0.725. The van der Waals surface area contributed by atoms with Crippen molar-refractivity contribution in [2.24, 2.45) is 0 Å². The van der Waals surface area contributed by atoms with Gasteiger partial charge in [-0.25, -0.2) is 0 Å². The second-order valence-electron chi connectivity index (χ2n) is 3.35. The SMILES string of the molecule is C=CCc1cc(CCC(=O)O)ccc1O. The number of carboxylic acids is 1. The van der Waals surface area contributed by atoms with Crippen molar-refractivity contribution in [1.82, 2.24) is 0 Å². The summed E-state index contributed by atoms with van der Waals surface area (Å²) in [7, 11) is 0. The Hall–Kier alpha value is -1.77. The summed E-state index contributed by atoms with van der Waals surface area (Å²) in [5.74, 6) is -0.581. The lowest BCUT2D eigenvalue weighted by atomic mass is 10.0. The minimum atomic E-state index is -0.812. The molecule has 1 aromatic carbocycles. The van der Waals surface area contributed by atoms with E-state index in [-0.39, 0.29) is 12.2 Å². The van der Waals surface area contributed by atoms with Gasteiger partial charge in [-0.15, -0.1) is 6.58 Å². The fraction of sp³-hybridized carbons (Fsp3) is 0.250. The van der Waals surface area contributed by atoms with E-state index in [1.165, 1.54) is 0 Å². The maximum atomic E-state index is 10.4. The zero-order valence-electron chi connectivity index (χ0n) is 8.44. The molecule has 0 aliphatic carbocycles. The van der Waals surface area contributed by atoms with Gasteiger partial charge < -0.3 is 10.2 Å². The molecule has 0 atom stereocenters. The number of aliphatic carboxylic acids is 1. The third-order valence-corrected chi connectivity index (χ3v) is 2.14. The molecule has 1 aromatic rings. The van der Waals surface area contributed by atoms with Gasteiger partial charge in [0.2, 0.25) is 0 Å². The minimum Gasteiger partial charge on any atom is -0.508 e. The predicted octanol–water partition coefficient (Wildman–Crippen LogP) is 2.14. The summed E-state index contributed by atoms with van der Waals surface area (Å²) in [6.45, 7) is 3.60. The number of hydrogen-bond donors (Lipinski definition) is 2. The van der Waals surface area contributed by atoms with Crippen molar-refractivity contribution in [3.8, 4) is 5.75 Å². The molecule has 80 valence electrons. The first-order valence-electron chi connectivity index (χ1n) is 4.77. The Morgan fingerprint density at radius 1 is 1.47 bits per heavy atom. The second-order valence-corrected chi connectivity index (χ2v) is 3.35. The summed E-state index contributed by atoms with van der Waals surface area (Å²) in [5.41, 5.74) is 1.71. The molecule has 3 nitrogen and oxygen atoms in total. The van der Waals surface area contributed by atoms with Crippen LogP contribution in [0.1, 0.15) is 17.5 Å². The fourth-order valence-corrected chi connectivity index (χ4v) is 1.36. The molecule has 0 heterocycles. The average molecular weight is 206 g/mol. The normalized spacial score (nSPS) is 9.87. The highest BCUT2D eigenvalue weighted by Gasteiger charge is 2.03. The summed E-state index contributed by atoms with van der Waals surface area (Å²) < 4.78 is 0. The largest absolute Gasteiger partial charge is 0.508 e. The molecule has 0 saturated heterocycles. The summed E-state index contributed by atoms with van der Waals surface area (Å²) in [6, 6.07) is 5.15. The number of phenolic OH excluding ortho intramolecular Hbond substituents is 1. The maximum absolute atomic E-state index is 10.4. The van der Waals surface area contributed by atoms with E-state index in [1.54, 1.807) is 18.2 Å². The number of rotatable bonds is 5. The number of benzene rings is 1. The fourth-order valence-electron chi connectivity index (χ4n) is 1.36. The molecule has 0 amide bonds. The van der Waals surface area contributed by atoms with Crippen molar-refractivity contribution >= 4 is 5.97 Å². The molecule has 15 heavy (non-hydrogen) atoms. The Bertz CT molecular complexity index is 369. The van der Waals surface area contributed by atoms with Gasteiger partial charge in [-0.05, 0) is 30.0 Å². The number of carboxylic acid groups (broad SMARTS) is 1. The first kappa shape index (κ1) is 11.3. The molecule has 0 fully saturated rings. The third kappa shape index (κ3) is 3.46. The van der Waals surface area contributed by atoms with Crippen LogP contribution in [-0.4, -0.2) is 16.2 Å². The van der Waals surface area contributed by atoms with Crippen LogP contribution in [0.4, 0.5) is 0 Å². The Morgan fingerprint density at radius 3 is 2.80 bits per heavy atom. The van der Waals surface area contributed by atoms with Crippen LogP contribution in [0.2, 0.25) is 0 Å². The molecule has 1 rings (SSSR count). The Balaban J connectivity index is 2.77. The number of aryl methyl sites for hydroxylation is 1. The summed E-state index contributed by atoms with van der Waals surface area (Å²) in [4.78, 5) is 10.4. The van der Waals surface area contributed by atoms with Crippen LogP contribution < -0.4 is 0 Å². The first-order chi connectivity index (χ1) is 7.13. The zero-order chi connectivity index (χ0) is 11.3. The molecular formula is C12H14O3. The molecule has 0 bridgehead atoms. The molecule has 0 saturated carbocycles. The maximum Gasteiger partial charge on any atom is 0.303 e. The minimum absolute atomic E-state index is 0.109. The lowest BCUT2D eigenvalue weighted by molar-refractivity contribution is -0.136. The van der Waals surface area contributed by atoms with Crippen molar-refractivity contribution in [2.75, 3.05) is 0 Å². The van der Waals surface area contributed by atoms with Crippen LogP contribution in [0.15, 0.2) is 30.9 Å². The number of hydrogen-bond acceptors (Lipinski definition) is 2. The van der Waals surface area contributed by atoms with Crippen LogP contribution in [0.25, 0.3) is 0 Å². The lowest BCUT2D eigenvalue weighted by Gasteiger charge is -2.04. The smallest absolute Gasteiger partial charge is 0.303 e. The molecule has 3 heteroatoms. The number of aromatic hydroxyl groups is 1. The monoisotopic (exact) mass is 206 g/mol. The highest BCUT2D eigenvalue weighted by atomic mass is 16.4. The van der Waals surface area contributed by atoms with Gasteiger partial charge in [0.05, 0.1) is 0 Å². The Labute approximate surface area is 88.7 Å². The Morgan fingerprint density at radius 2 is 2.20 bits per heavy atom. The predicted molar refractivity (Wildman–Crippen MR) is 58.0 cm³/mol. The lowest BCUT2D eigenvalue weighted by Crippen LogP contribution is -1.98. The summed E-state index contributed by atoms with van der Waals surface area (Å²) in [6.07, 6.45) is 2.89. The molecule has 0 spiro atoms. The van der Waals surface area contributed by atoms with Crippen molar-refractivity contribution < 1.29 is 15.0 Å². The van der Waals surface area contributed by atoms with Gasteiger partial charge in [0.25, 0.3) is 0 Å². The van der Waals surface area contributed by atoms with E-state index in [1.807, 2.05) is 6.07 Å². The van der Waals surface area contributed by atoms with Gasteiger partial charge in [-0.3, -0.25) is 4.79 Å². The molecule has 0 aliphatic heterocycles. The second kappa shape index (κ2) is 5.20. The van der Waals surface area contributed by atoms with Gasteiger partial charge in [-0.1, -0.05) is 18.2 Å². The van der Waals surface area contributed by atoms with Gasteiger partial charge in [0, 0.05) is 6.42 Å². The summed E-state index contributed by atoms with van der Waals surface area (Å²) >= 11 is 0. The van der Waals surface area contributed by atoms with E-state index >= 15 is 0 Å². The average Bonchev–Trinajstić information content (AvgIpc) is 2.19.